The molecule has 0 unspecified atom stereocenters. The molecule has 0 bridgehead atoms. The number of hydrogen-bond acceptors (Lipinski definition) is 2. The van der Waals surface area contributed by atoms with Gasteiger partial charge < -0.3 is 10.3 Å². The van der Waals surface area contributed by atoms with Gasteiger partial charge in [0.25, 0.3) is 0 Å². The summed E-state index contributed by atoms with van der Waals surface area (Å²) in [6, 6.07) is 10.5. The summed E-state index contributed by atoms with van der Waals surface area (Å²) in [7, 11) is 0. The van der Waals surface area contributed by atoms with E-state index in [1.54, 1.807) is 6.07 Å². The minimum absolute atomic E-state index is 0.0898. The maximum Gasteiger partial charge on any atom is 0.416 e. The molecular formula is C19H19ClF3N3. The summed E-state index contributed by atoms with van der Waals surface area (Å²) < 4.78 is 40.9. The molecule has 0 aliphatic heterocycles. The molecule has 0 saturated heterocycles. The fourth-order valence-corrected chi connectivity index (χ4v) is 3.07. The molecule has 2 N–H and O–H groups in total. The van der Waals surface area contributed by atoms with Crippen molar-refractivity contribution < 1.29 is 13.2 Å². The molecule has 1 heterocycles. The number of hydrogen-bond donors (Lipinski definition) is 1. The van der Waals surface area contributed by atoms with Crippen LogP contribution in [0, 0.1) is 5.92 Å². The quantitative estimate of drug-likeness (QED) is 0.656. The minimum Gasteiger partial charge on any atom is -0.322 e. The van der Waals surface area contributed by atoms with Gasteiger partial charge in [-0.1, -0.05) is 37.6 Å². The minimum atomic E-state index is -4.41. The van der Waals surface area contributed by atoms with Crippen molar-refractivity contribution in [3.63, 3.8) is 0 Å². The lowest BCUT2D eigenvalue weighted by molar-refractivity contribution is -0.137. The maximum absolute atomic E-state index is 13.0. The molecule has 3 aromatic rings. The van der Waals surface area contributed by atoms with E-state index in [1.165, 1.54) is 6.07 Å². The smallest absolute Gasteiger partial charge is 0.322 e. The fourth-order valence-electron chi connectivity index (χ4n) is 2.86. The zero-order chi connectivity index (χ0) is 19.1. The Labute approximate surface area is 154 Å². The van der Waals surface area contributed by atoms with Crippen molar-refractivity contribution >= 4 is 22.6 Å². The largest absolute Gasteiger partial charge is 0.416 e. The lowest BCUT2D eigenvalue weighted by Crippen LogP contribution is -2.22. The van der Waals surface area contributed by atoms with Crippen molar-refractivity contribution in [3.05, 3.63) is 64.4 Å². The maximum atomic E-state index is 13.0. The summed E-state index contributed by atoms with van der Waals surface area (Å²) in [4.78, 5) is 4.43. The van der Waals surface area contributed by atoms with Gasteiger partial charge in [0.15, 0.2) is 0 Å². The molecule has 7 heteroatoms. The molecule has 0 spiro atoms. The summed E-state index contributed by atoms with van der Waals surface area (Å²) in [5, 5.41) is 0.598. The van der Waals surface area contributed by atoms with E-state index in [0.717, 1.165) is 17.7 Å². The molecule has 138 valence electrons. The molecule has 0 fully saturated rings. The van der Waals surface area contributed by atoms with Gasteiger partial charge in [-0.2, -0.15) is 13.2 Å². The van der Waals surface area contributed by atoms with Crippen molar-refractivity contribution in [1.29, 1.82) is 0 Å². The zero-order valence-corrected chi connectivity index (χ0v) is 15.1. The van der Waals surface area contributed by atoms with Crippen LogP contribution in [-0.2, 0) is 12.7 Å². The Bertz CT molecular complexity index is 931. The van der Waals surface area contributed by atoms with E-state index in [0.29, 0.717) is 22.9 Å². The average molecular weight is 382 g/mol. The number of nitrogens with zero attached hydrogens (tertiary/aromatic N) is 2. The van der Waals surface area contributed by atoms with Crippen molar-refractivity contribution in [2.75, 3.05) is 0 Å². The van der Waals surface area contributed by atoms with Crippen LogP contribution in [0.5, 0.6) is 0 Å². The predicted octanol–water partition coefficient (Wildman–Crippen LogP) is 5.41. The van der Waals surface area contributed by atoms with Crippen LogP contribution >= 0.6 is 11.6 Å². The van der Waals surface area contributed by atoms with E-state index < -0.39 is 17.8 Å². The third-order valence-corrected chi connectivity index (χ3v) is 4.59. The number of rotatable bonds is 4. The van der Waals surface area contributed by atoms with Gasteiger partial charge >= 0.3 is 6.18 Å². The fraction of sp³-hybridized carbons (Fsp3) is 0.316. The van der Waals surface area contributed by atoms with E-state index >= 15 is 0 Å². The first-order valence-corrected chi connectivity index (χ1v) is 8.62. The highest BCUT2D eigenvalue weighted by Gasteiger charge is 2.31. The van der Waals surface area contributed by atoms with Gasteiger partial charge in [0.2, 0.25) is 0 Å². The molecule has 3 rings (SSSR count). The van der Waals surface area contributed by atoms with Crippen LogP contribution in [0.25, 0.3) is 11.0 Å². The van der Waals surface area contributed by atoms with Crippen LogP contribution in [0.1, 0.15) is 36.8 Å². The van der Waals surface area contributed by atoms with E-state index in [4.69, 9.17) is 17.3 Å². The lowest BCUT2D eigenvalue weighted by Gasteiger charge is -2.18. The number of alkyl halides is 3. The molecule has 26 heavy (non-hydrogen) atoms. The molecule has 0 amide bonds. The van der Waals surface area contributed by atoms with Crippen LogP contribution in [0.3, 0.4) is 0 Å². The number of fused-ring (bicyclic) bond motifs is 1. The van der Waals surface area contributed by atoms with Gasteiger partial charge in [-0.15, -0.1) is 0 Å². The zero-order valence-electron chi connectivity index (χ0n) is 14.4. The Morgan fingerprint density at radius 1 is 1.15 bits per heavy atom. The summed E-state index contributed by atoms with van der Waals surface area (Å²) in [5.41, 5.74) is 7.38. The van der Waals surface area contributed by atoms with Gasteiger partial charge in [-0.05, 0) is 41.8 Å². The predicted molar refractivity (Wildman–Crippen MR) is 97.1 cm³/mol. The second-order valence-electron chi connectivity index (χ2n) is 6.66. The van der Waals surface area contributed by atoms with Crippen LogP contribution in [0.4, 0.5) is 13.2 Å². The SMILES string of the molecule is CC(C)[C@H](N)c1nc2cc(C(F)(F)F)ccc2n1Cc1cccc(Cl)c1. The van der Waals surface area contributed by atoms with Crippen molar-refractivity contribution in [1.82, 2.24) is 9.55 Å². The van der Waals surface area contributed by atoms with E-state index in [1.807, 2.05) is 36.6 Å². The summed E-state index contributed by atoms with van der Waals surface area (Å²) >= 11 is 6.05. The van der Waals surface area contributed by atoms with Gasteiger partial charge in [-0.25, -0.2) is 4.98 Å². The molecule has 0 saturated carbocycles. The Morgan fingerprint density at radius 3 is 2.50 bits per heavy atom. The second kappa shape index (κ2) is 6.93. The Balaban J connectivity index is 2.15. The highest BCUT2D eigenvalue weighted by atomic mass is 35.5. The van der Waals surface area contributed by atoms with Gasteiger partial charge in [0, 0.05) is 11.6 Å². The van der Waals surface area contributed by atoms with Crippen molar-refractivity contribution in [3.8, 4) is 0 Å². The lowest BCUT2D eigenvalue weighted by atomic mass is 10.0. The van der Waals surface area contributed by atoms with Crippen LogP contribution in [0.2, 0.25) is 5.02 Å². The number of benzene rings is 2. The molecule has 1 aromatic heterocycles. The van der Waals surface area contributed by atoms with Crippen molar-refractivity contribution in [2.45, 2.75) is 32.6 Å². The molecule has 0 aliphatic carbocycles. The van der Waals surface area contributed by atoms with E-state index in [9.17, 15) is 13.2 Å². The Kier molecular flexibility index (Phi) is 4.99. The standard InChI is InChI=1S/C19H19ClF3N3/c1-11(2)17(24)18-25-15-9-13(19(21,22)23)6-7-16(15)26(18)10-12-4-3-5-14(20)8-12/h3-9,11,17H,10,24H2,1-2H3/t17-/m0/s1. The van der Waals surface area contributed by atoms with Crippen LogP contribution < -0.4 is 5.73 Å². The van der Waals surface area contributed by atoms with E-state index in [-0.39, 0.29) is 11.4 Å². The average Bonchev–Trinajstić information content (AvgIpc) is 2.91. The highest BCUT2D eigenvalue weighted by molar-refractivity contribution is 6.30. The molecule has 1 atom stereocenters. The number of nitrogens with two attached hydrogens (primary N) is 1. The molecule has 3 nitrogen and oxygen atoms in total. The molecule has 0 radical (unpaired) electrons. The molecular weight excluding hydrogens is 363 g/mol. The number of imidazole rings is 1. The monoisotopic (exact) mass is 381 g/mol. The highest BCUT2D eigenvalue weighted by Crippen LogP contribution is 2.33. The second-order valence-corrected chi connectivity index (χ2v) is 7.09. The van der Waals surface area contributed by atoms with Gasteiger partial charge in [-0.3, -0.25) is 0 Å². The van der Waals surface area contributed by atoms with E-state index in [2.05, 4.69) is 4.98 Å². The summed E-state index contributed by atoms with van der Waals surface area (Å²) in [6.07, 6.45) is -4.41. The third-order valence-electron chi connectivity index (χ3n) is 4.35. The van der Waals surface area contributed by atoms with Gasteiger partial charge in [0.05, 0.1) is 22.6 Å². The third kappa shape index (κ3) is 3.71. The molecule has 0 aliphatic rings. The normalized spacial score (nSPS) is 13.5. The van der Waals surface area contributed by atoms with Gasteiger partial charge in [0.1, 0.15) is 5.82 Å². The number of halogens is 4. The first-order valence-electron chi connectivity index (χ1n) is 8.24. The van der Waals surface area contributed by atoms with Crippen LogP contribution in [-0.4, -0.2) is 9.55 Å². The first kappa shape index (κ1) is 18.7. The van der Waals surface area contributed by atoms with Crippen LogP contribution in [0.15, 0.2) is 42.5 Å². The first-order chi connectivity index (χ1) is 12.2. The summed E-state index contributed by atoms with van der Waals surface area (Å²) in [5.74, 6) is 0.654. The number of aromatic nitrogens is 2. The topological polar surface area (TPSA) is 43.8 Å². The molecule has 2 aromatic carbocycles. The Morgan fingerprint density at radius 2 is 1.88 bits per heavy atom. The Hall–Kier alpha value is -2.05. The summed E-state index contributed by atoms with van der Waals surface area (Å²) in [6.45, 7) is 4.34. The van der Waals surface area contributed by atoms with Crippen molar-refractivity contribution in [2.24, 2.45) is 11.7 Å².